The van der Waals surface area contributed by atoms with Gasteiger partial charge in [-0.1, -0.05) is 88.4 Å². The molecule has 0 bridgehead atoms. The first-order chi connectivity index (χ1) is 41.9. The van der Waals surface area contributed by atoms with Gasteiger partial charge in [0.25, 0.3) is 0 Å². The molecule has 472 valence electrons. The van der Waals surface area contributed by atoms with E-state index >= 15 is 18.4 Å². The van der Waals surface area contributed by atoms with Crippen LogP contribution in [0.25, 0.3) is 33.2 Å². The van der Waals surface area contributed by atoms with Gasteiger partial charge in [-0.2, -0.15) is 0 Å². The van der Waals surface area contributed by atoms with E-state index in [0.29, 0.717) is 77.6 Å². The number of carbonyl (C=O) groups is 6. The molecule has 3 fully saturated rings. The molecule has 0 radical (unpaired) electrons. The number of nitrogens with one attached hydrogen (secondary N) is 2. The van der Waals surface area contributed by atoms with Gasteiger partial charge in [-0.05, 0) is 130 Å². The molecule has 0 aliphatic carbocycles. The quantitative estimate of drug-likeness (QED) is 0.0455. The van der Waals surface area contributed by atoms with Crippen LogP contribution in [0.15, 0.2) is 97.1 Å². The number of aliphatic hydroxyl groups is 3. The number of aromatic nitrogens is 2. The lowest BCUT2D eigenvalue weighted by Gasteiger charge is -2.41. The van der Waals surface area contributed by atoms with Crippen LogP contribution < -0.4 is 5.32 Å². The van der Waals surface area contributed by atoms with Crippen molar-refractivity contribution in [3.63, 3.8) is 0 Å². The van der Waals surface area contributed by atoms with Crippen molar-refractivity contribution in [1.82, 2.24) is 34.5 Å². The third-order valence-corrected chi connectivity index (χ3v) is 18.2. The number of hydrogen-bond acceptors (Lipinski definition) is 12. The minimum atomic E-state index is -1.77. The molecule has 5 amide bonds. The number of likely N-dealkylation sites (N-methyl/N-ethyl adjacent to an activating group) is 2. The fourth-order valence-electron chi connectivity index (χ4n) is 12.7. The molecule has 1 unspecified atom stereocenters. The zero-order valence-electron chi connectivity index (χ0n) is 51.5. The van der Waals surface area contributed by atoms with Crippen molar-refractivity contribution in [1.29, 1.82) is 0 Å². The maximum atomic E-state index is 16.0. The number of amides is 5. The van der Waals surface area contributed by atoms with E-state index in [9.17, 15) is 34.5 Å². The molecule has 4 aromatic carbocycles. The normalized spacial score (nSPS) is 21.8. The van der Waals surface area contributed by atoms with E-state index in [1.165, 1.54) is 48.2 Å². The Morgan fingerprint density at radius 2 is 1.20 bits per heavy atom. The number of aliphatic hydroxyl groups excluding tert-OH is 3. The standard InChI is InChI=1S/C67H83F2N7O12/c1-37(2)50(34-55(77)39(5)72(8)66(84)86-35-42-18-12-10-13-19-42)63(82)74-28-16-22-46(74)32-51-48-26-24-44(68)30-53(48)70-57(51)58-52(49-27-25-45(69)31-54(49)76(58)65-61(80)60(79)59(78)41(7)88-65)33-47-23-17-29-75(47)64(83)56(38(3)4)71-62(81)40(6)73(9)67(85)87-36-43-20-14-11-15-21-43/h10-15,18-21,24-27,30-31,37-41,46-47,50,56,59-61,65,70,78-80H,16-17,22-23,28-29,32-36H2,1-9H3,(H,71,81)/t39-,40-,41-,46?,47-,50-,56-,59+,60+,61-,65-/m0/s1. The summed E-state index contributed by atoms with van der Waals surface area (Å²) in [5.41, 5.74) is 4.16. The van der Waals surface area contributed by atoms with E-state index in [4.69, 9.17) is 14.2 Å². The topological polar surface area (TPSA) is 237 Å². The summed E-state index contributed by atoms with van der Waals surface area (Å²) in [5.74, 6) is -4.14. The zero-order chi connectivity index (χ0) is 63.4. The number of benzene rings is 4. The molecular weight excluding hydrogens is 1130 g/mol. The summed E-state index contributed by atoms with van der Waals surface area (Å²) in [5, 5.41) is 38.5. The number of ether oxygens (including phenoxy) is 3. The van der Waals surface area contributed by atoms with Crippen LogP contribution in [0.3, 0.4) is 0 Å². The summed E-state index contributed by atoms with van der Waals surface area (Å²) in [4.78, 5) is 94.1. The number of Topliss-reactive ketones (excluding diaryl/α,β-unsaturated/α-hetero) is 1. The van der Waals surface area contributed by atoms with Gasteiger partial charge in [0, 0.05) is 67.9 Å². The van der Waals surface area contributed by atoms with Crippen LogP contribution in [0.2, 0.25) is 0 Å². The Kier molecular flexibility index (Phi) is 20.4. The van der Waals surface area contributed by atoms with Crippen LogP contribution in [0.5, 0.6) is 0 Å². The van der Waals surface area contributed by atoms with Crippen molar-refractivity contribution in [2.45, 2.75) is 167 Å². The summed E-state index contributed by atoms with van der Waals surface area (Å²) < 4.78 is 50.6. The molecule has 2 aromatic heterocycles. The average Bonchev–Trinajstić information content (AvgIpc) is 1.58. The fraction of sp³-hybridized carbons (Fsp3) is 0.493. The summed E-state index contributed by atoms with van der Waals surface area (Å²) in [7, 11) is 2.94. The Balaban J connectivity index is 1.06. The first-order valence-corrected chi connectivity index (χ1v) is 30.6. The Hall–Kier alpha value is -7.72. The lowest BCUT2D eigenvalue weighted by atomic mass is 9.87. The van der Waals surface area contributed by atoms with Gasteiger partial charge < -0.3 is 59.1 Å². The molecule has 0 spiro atoms. The maximum absolute atomic E-state index is 16.0. The monoisotopic (exact) mass is 1220 g/mol. The molecule has 3 aliphatic rings. The van der Waals surface area contributed by atoms with Gasteiger partial charge in [0.2, 0.25) is 17.7 Å². The first-order valence-electron chi connectivity index (χ1n) is 30.6. The summed E-state index contributed by atoms with van der Waals surface area (Å²) >= 11 is 0. The number of nitrogens with zero attached hydrogens (tertiary/aromatic N) is 5. The van der Waals surface area contributed by atoms with Crippen molar-refractivity contribution in [2.75, 3.05) is 27.2 Å². The molecule has 19 nitrogen and oxygen atoms in total. The van der Waals surface area contributed by atoms with Crippen LogP contribution in [0.4, 0.5) is 18.4 Å². The van der Waals surface area contributed by atoms with Crippen LogP contribution >= 0.6 is 0 Å². The maximum Gasteiger partial charge on any atom is 0.410 e. The second-order valence-electron chi connectivity index (χ2n) is 24.7. The highest BCUT2D eigenvalue weighted by Crippen LogP contribution is 2.45. The highest BCUT2D eigenvalue weighted by atomic mass is 19.1. The number of carbonyl (C=O) groups excluding carboxylic acids is 6. The molecule has 3 aliphatic heterocycles. The van der Waals surface area contributed by atoms with Gasteiger partial charge in [-0.25, -0.2) is 18.4 Å². The summed E-state index contributed by atoms with van der Waals surface area (Å²) in [6, 6.07) is 22.8. The van der Waals surface area contributed by atoms with Crippen LogP contribution in [0.1, 0.15) is 109 Å². The SMILES string of the molecule is CC(C)[C@H](CC(=O)[C@H](C)N(C)C(=O)OCc1ccccc1)C(=O)N1CCCC1Cc1c(-c2c(C[C@@H]3CCCN3C(=O)[C@@H](NC(=O)[C@H](C)N(C)C(=O)OCc3ccccc3)C(C)C)c3ccc(F)cc3n2[C@H]2O[C@@H](C)[C@@H](O)[C@@H](O)[C@@H]2O)[nH]c2cc(F)ccc12. The van der Waals surface area contributed by atoms with Crippen molar-refractivity contribution < 1.29 is 67.1 Å². The van der Waals surface area contributed by atoms with Crippen molar-refractivity contribution in [2.24, 2.45) is 17.8 Å². The van der Waals surface area contributed by atoms with Crippen molar-refractivity contribution >= 4 is 57.5 Å². The molecule has 9 rings (SSSR count). The van der Waals surface area contributed by atoms with E-state index in [2.05, 4.69) is 10.3 Å². The molecule has 5 heterocycles. The van der Waals surface area contributed by atoms with E-state index in [0.717, 1.165) is 11.1 Å². The smallest absolute Gasteiger partial charge is 0.410 e. The van der Waals surface area contributed by atoms with E-state index in [1.54, 1.807) is 47.3 Å². The van der Waals surface area contributed by atoms with Gasteiger partial charge in [-0.15, -0.1) is 0 Å². The Labute approximate surface area is 511 Å². The molecule has 0 saturated carbocycles. The highest BCUT2D eigenvalue weighted by molar-refractivity contribution is 5.98. The van der Waals surface area contributed by atoms with Crippen LogP contribution in [0, 0.1) is 29.4 Å². The largest absolute Gasteiger partial charge is 0.445 e. The Bertz CT molecular complexity index is 3490. The molecule has 11 atom stereocenters. The third kappa shape index (κ3) is 13.8. The number of halogens is 2. The molecular formula is C67H83F2N7O12. The number of likely N-dealkylation sites (tertiary alicyclic amines) is 2. The number of fused-ring (bicyclic) bond motifs is 2. The highest BCUT2D eigenvalue weighted by Gasteiger charge is 2.46. The third-order valence-electron chi connectivity index (χ3n) is 18.2. The van der Waals surface area contributed by atoms with Crippen LogP contribution in [-0.4, -0.2) is 162 Å². The number of hydrogen-bond donors (Lipinski definition) is 5. The summed E-state index contributed by atoms with van der Waals surface area (Å²) in [6.45, 7) is 12.8. The molecule has 88 heavy (non-hydrogen) atoms. The number of aromatic amines is 1. The fourth-order valence-corrected chi connectivity index (χ4v) is 12.7. The van der Waals surface area contributed by atoms with Gasteiger partial charge in [0.05, 0.1) is 29.1 Å². The van der Waals surface area contributed by atoms with Gasteiger partial charge in [0.15, 0.2) is 12.0 Å². The minimum absolute atomic E-state index is 0.00278. The lowest BCUT2D eigenvalue weighted by molar-refractivity contribution is -0.238. The lowest BCUT2D eigenvalue weighted by Crippen LogP contribution is -2.56. The van der Waals surface area contributed by atoms with E-state index in [1.807, 2.05) is 88.4 Å². The predicted octanol–water partition coefficient (Wildman–Crippen LogP) is 8.82. The zero-order valence-corrected chi connectivity index (χ0v) is 51.5. The number of ketones is 1. The minimum Gasteiger partial charge on any atom is -0.445 e. The average molecular weight is 1220 g/mol. The second kappa shape index (κ2) is 27.8. The first kappa shape index (κ1) is 64.7. The second-order valence-corrected chi connectivity index (χ2v) is 24.7. The van der Waals surface area contributed by atoms with Gasteiger partial charge in [0.1, 0.15) is 55.2 Å². The Morgan fingerprint density at radius 1 is 0.670 bits per heavy atom. The van der Waals surface area contributed by atoms with E-state index in [-0.39, 0.29) is 61.5 Å². The van der Waals surface area contributed by atoms with E-state index < -0.39 is 102 Å². The Morgan fingerprint density at radius 3 is 1.77 bits per heavy atom. The van der Waals surface area contributed by atoms with Gasteiger partial charge in [-0.3, -0.25) is 24.1 Å². The molecule has 3 saturated heterocycles. The number of rotatable bonds is 21. The molecule has 5 N–H and O–H groups in total. The predicted molar refractivity (Wildman–Crippen MR) is 326 cm³/mol. The van der Waals surface area contributed by atoms with Gasteiger partial charge >= 0.3 is 12.2 Å². The van der Waals surface area contributed by atoms with Crippen molar-refractivity contribution in [3.05, 3.63) is 131 Å². The van der Waals surface area contributed by atoms with Crippen molar-refractivity contribution in [3.8, 4) is 11.4 Å². The molecule has 6 aromatic rings. The molecule has 21 heteroatoms. The number of H-pyrrole nitrogens is 1. The summed E-state index contributed by atoms with van der Waals surface area (Å²) in [6.07, 6.45) is -6.43. The van der Waals surface area contributed by atoms with Crippen LogP contribution in [-0.2, 0) is 59.4 Å².